The number of hydrogen-bond acceptors (Lipinski definition) is 0. The topological polar surface area (TPSA) is 0 Å². The van der Waals surface area contributed by atoms with Gasteiger partial charge in [0.25, 0.3) is 0 Å². The molecule has 1 saturated carbocycles. The molecule has 0 aromatic rings. The molecule has 0 spiro atoms. The summed E-state index contributed by atoms with van der Waals surface area (Å²) in [5.41, 5.74) is 0.639. The zero-order valence-electron chi connectivity index (χ0n) is 8.06. The van der Waals surface area contributed by atoms with E-state index in [4.69, 9.17) is 0 Å². The fourth-order valence-electron chi connectivity index (χ4n) is 2.22. The minimum Gasteiger partial charge on any atom is -0.103 e. The zero-order valence-corrected chi connectivity index (χ0v) is 8.06. The first kappa shape index (κ1) is 8.83. The summed E-state index contributed by atoms with van der Waals surface area (Å²) in [6.45, 7) is 10.9. The highest BCUT2D eigenvalue weighted by atomic mass is 14.4. The van der Waals surface area contributed by atoms with Crippen molar-refractivity contribution in [2.75, 3.05) is 0 Å². The first-order valence-electron chi connectivity index (χ1n) is 4.66. The van der Waals surface area contributed by atoms with E-state index in [2.05, 4.69) is 33.4 Å². The van der Waals surface area contributed by atoms with E-state index in [-0.39, 0.29) is 0 Å². The Labute approximate surface area is 70.7 Å². The van der Waals surface area contributed by atoms with Crippen molar-refractivity contribution in [3.63, 3.8) is 0 Å². The summed E-state index contributed by atoms with van der Waals surface area (Å²) in [5.74, 6) is 1.84. The van der Waals surface area contributed by atoms with Crippen molar-refractivity contribution in [3.8, 4) is 0 Å². The van der Waals surface area contributed by atoms with Crippen molar-refractivity contribution >= 4 is 0 Å². The molecule has 1 rings (SSSR count). The third-order valence-electron chi connectivity index (χ3n) is 2.97. The molecule has 11 heavy (non-hydrogen) atoms. The van der Waals surface area contributed by atoms with Crippen LogP contribution in [0.3, 0.4) is 0 Å². The summed E-state index contributed by atoms with van der Waals surface area (Å²) >= 11 is 0. The van der Waals surface area contributed by atoms with Gasteiger partial charge in [-0.05, 0) is 36.5 Å². The normalized spacial score (nSPS) is 25.7. The van der Waals surface area contributed by atoms with Gasteiger partial charge in [0.2, 0.25) is 0 Å². The maximum Gasteiger partial charge on any atom is -0.0325 e. The average molecular weight is 152 g/mol. The number of rotatable bonds is 3. The Bertz CT molecular complexity index is 136. The summed E-state index contributed by atoms with van der Waals surface area (Å²) in [7, 11) is 0. The molecule has 0 aliphatic heterocycles. The molecule has 0 saturated heterocycles. The van der Waals surface area contributed by atoms with Gasteiger partial charge in [-0.1, -0.05) is 26.8 Å². The van der Waals surface area contributed by atoms with Crippen LogP contribution in [0.15, 0.2) is 12.7 Å². The van der Waals surface area contributed by atoms with Crippen LogP contribution in [-0.4, -0.2) is 0 Å². The van der Waals surface area contributed by atoms with E-state index in [0.29, 0.717) is 5.41 Å². The second kappa shape index (κ2) is 3.00. The minimum atomic E-state index is 0.639. The van der Waals surface area contributed by atoms with Crippen molar-refractivity contribution in [1.82, 2.24) is 0 Å². The summed E-state index contributed by atoms with van der Waals surface area (Å²) in [6, 6.07) is 0. The molecule has 0 nitrogen and oxygen atoms in total. The highest BCUT2D eigenvalue weighted by Gasteiger charge is 2.38. The molecule has 0 N–H and O–H groups in total. The number of allylic oxidation sites excluding steroid dienone is 1. The first-order valence-corrected chi connectivity index (χ1v) is 4.66. The van der Waals surface area contributed by atoms with Crippen LogP contribution in [-0.2, 0) is 0 Å². The van der Waals surface area contributed by atoms with Crippen LogP contribution >= 0.6 is 0 Å². The van der Waals surface area contributed by atoms with Crippen LogP contribution in [0.2, 0.25) is 0 Å². The average Bonchev–Trinajstić information content (AvgIpc) is 1.83. The third kappa shape index (κ3) is 2.08. The van der Waals surface area contributed by atoms with Crippen molar-refractivity contribution in [1.29, 1.82) is 0 Å². The molecule has 1 aliphatic carbocycles. The summed E-state index contributed by atoms with van der Waals surface area (Å²) in [6.07, 6.45) is 6.08. The smallest absolute Gasteiger partial charge is 0.0325 e. The molecule has 1 unspecified atom stereocenters. The molecule has 1 fully saturated rings. The predicted octanol–water partition coefficient (Wildman–Crippen LogP) is 3.63. The molecule has 0 bridgehead atoms. The van der Waals surface area contributed by atoms with Crippen molar-refractivity contribution in [3.05, 3.63) is 12.7 Å². The Morgan fingerprint density at radius 3 is 2.45 bits per heavy atom. The monoisotopic (exact) mass is 152 g/mol. The Hall–Kier alpha value is -0.260. The van der Waals surface area contributed by atoms with E-state index in [0.717, 1.165) is 11.8 Å². The SMILES string of the molecule is C=CCC(C)C1CC(C)(C)C1. The van der Waals surface area contributed by atoms with E-state index in [1.54, 1.807) is 0 Å². The molecule has 0 radical (unpaired) electrons. The van der Waals surface area contributed by atoms with Gasteiger partial charge in [-0.15, -0.1) is 6.58 Å². The summed E-state index contributed by atoms with van der Waals surface area (Å²) in [5, 5.41) is 0. The Balaban J connectivity index is 2.26. The minimum absolute atomic E-state index is 0.639. The van der Waals surface area contributed by atoms with E-state index < -0.39 is 0 Å². The van der Waals surface area contributed by atoms with Gasteiger partial charge in [0.1, 0.15) is 0 Å². The van der Waals surface area contributed by atoms with E-state index >= 15 is 0 Å². The Morgan fingerprint density at radius 1 is 1.55 bits per heavy atom. The number of hydrogen-bond donors (Lipinski definition) is 0. The van der Waals surface area contributed by atoms with E-state index in [1.165, 1.54) is 19.3 Å². The third-order valence-corrected chi connectivity index (χ3v) is 2.97. The van der Waals surface area contributed by atoms with Gasteiger partial charge in [0.05, 0.1) is 0 Å². The molecule has 0 heteroatoms. The van der Waals surface area contributed by atoms with Crippen molar-refractivity contribution < 1.29 is 0 Å². The summed E-state index contributed by atoms with van der Waals surface area (Å²) < 4.78 is 0. The van der Waals surface area contributed by atoms with Gasteiger partial charge in [-0.3, -0.25) is 0 Å². The lowest BCUT2D eigenvalue weighted by Crippen LogP contribution is -2.35. The van der Waals surface area contributed by atoms with Crippen molar-refractivity contribution in [2.24, 2.45) is 17.3 Å². The molecular weight excluding hydrogens is 132 g/mol. The maximum atomic E-state index is 3.78. The molecular formula is C11H20. The largest absolute Gasteiger partial charge is 0.103 e. The molecule has 1 atom stereocenters. The van der Waals surface area contributed by atoms with Gasteiger partial charge in [0.15, 0.2) is 0 Å². The molecule has 0 amide bonds. The Morgan fingerprint density at radius 2 is 2.09 bits per heavy atom. The first-order chi connectivity index (χ1) is 5.05. The lowest BCUT2D eigenvalue weighted by atomic mass is 9.60. The molecule has 64 valence electrons. The second-order valence-corrected chi connectivity index (χ2v) is 4.83. The van der Waals surface area contributed by atoms with E-state index in [9.17, 15) is 0 Å². The van der Waals surface area contributed by atoms with Crippen LogP contribution in [0, 0.1) is 17.3 Å². The quantitative estimate of drug-likeness (QED) is 0.542. The van der Waals surface area contributed by atoms with Crippen LogP contribution in [0.25, 0.3) is 0 Å². The van der Waals surface area contributed by atoms with Crippen LogP contribution in [0.1, 0.15) is 40.0 Å². The van der Waals surface area contributed by atoms with E-state index in [1.807, 2.05) is 0 Å². The van der Waals surface area contributed by atoms with Gasteiger partial charge in [-0.2, -0.15) is 0 Å². The van der Waals surface area contributed by atoms with Gasteiger partial charge in [-0.25, -0.2) is 0 Å². The highest BCUT2D eigenvalue weighted by Crippen LogP contribution is 2.48. The fraction of sp³-hybridized carbons (Fsp3) is 0.818. The highest BCUT2D eigenvalue weighted by molar-refractivity contribution is 4.90. The van der Waals surface area contributed by atoms with Gasteiger partial charge >= 0.3 is 0 Å². The fourth-order valence-corrected chi connectivity index (χ4v) is 2.22. The van der Waals surface area contributed by atoms with Crippen LogP contribution < -0.4 is 0 Å². The Kier molecular flexibility index (Phi) is 2.41. The summed E-state index contributed by atoms with van der Waals surface area (Å²) in [4.78, 5) is 0. The predicted molar refractivity (Wildman–Crippen MR) is 50.5 cm³/mol. The van der Waals surface area contributed by atoms with Crippen LogP contribution in [0.5, 0.6) is 0 Å². The zero-order chi connectivity index (χ0) is 8.48. The molecule has 0 aromatic heterocycles. The lowest BCUT2D eigenvalue weighted by Gasteiger charge is -2.45. The lowest BCUT2D eigenvalue weighted by molar-refractivity contribution is 0.0562. The molecule has 1 aliphatic rings. The van der Waals surface area contributed by atoms with Crippen molar-refractivity contribution in [2.45, 2.75) is 40.0 Å². The maximum absolute atomic E-state index is 3.78. The second-order valence-electron chi connectivity index (χ2n) is 4.83. The van der Waals surface area contributed by atoms with Gasteiger partial charge < -0.3 is 0 Å². The molecule has 0 heterocycles. The van der Waals surface area contributed by atoms with Crippen LogP contribution in [0.4, 0.5) is 0 Å². The van der Waals surface area contributed by atoms with Gasteiger partial charge in [0, 0.05) is 0 Å². The standard InChI is InChI=1S/C11H20/c1-5-6-9(2)10-7-11(3,4)8-10/h5,9-10H,1,6-8H2,2-4H3. The molecule has 0 aromatic carbocycles.